The third-order valence-electron chi connectivity index (χ3n) is 1.46. The maximum Gasteiger partial charge on any atom is 0.303 e. The summed E-state index contributed by atoms with van der Waals surface area (Å²) in [4.78, 5) is 10.1. The molecule has 0 aromatic carbocycles. The first-order valence-electron chi connectivity index (χ1n) is 3.93. The monoisotopic (exact) mass is 174 g/mol. The van der Waals surface area contributed by atoms with Gasteiger partial charge in [0.15, 0.2) is 0 Å². The highest BCUT2D eigenvalue weighted by molar-refractivity contribution is 7.78. The number of carboxylic acids is 1. The third kappa shape index (κ3) is 9.56. The minimum absolute atomic E-state index is 0.303. The molecule has 11 heavy (non-hydrogen) atoms. The van der Waals surface area contributed by atoms with Gasteiger partial charge in [-0.2, -0.15) is 0 Å². The molecule has 0 aliphatic heterocycles. The second kappa shape index (κ2) is 7.66. The van der Waals surface area contributed by atoms with Gasteiger partial charge in [0.1, 0.15) is 0 Å². The molecular formula is C8H14O2S. The first-order chi connectivity index (χ1) is 5.27. The van der Waals surface area contributed by atoms with Crippen LogP contribution in [0.3, 0.4) is 0 Å². The Morgan fingerprint density at radius 2 is 1.91 bits per heavy atom. The van der Waals surface area contributed by atoms with Crippen molar-refractivity contribution in [1.82, 2.24) is 0 Å². The van der Waals surface area contributed by atoms with Gasteiger partial charge >= 0.3 is 5.97 Å². The van der Waals surface area contributed by atoms with Crippen molar-refractivity contribution in [3.63, 3.8) is 0 Å². The van der Waals surface area contributed by atoms with Gasteiger partial charge in [-0.05, 0) is 24.6 Å². The number of carboxylic acid groups (broad SMARTS) is 1. The van der Waals surface area contributed by atoms with Crippen LogP contribution in [0.2, 0.25) is 0 Å². The number of aliphatic carboxylic acids is 1. The van der Waals surface area contributed by atoms with Gasteiger partial charge in [0, 0.05) is 6.42 Å². The zero-order valence-electron chi connectivity index (χ0n) is 6.58. The highest BCUT2D eigenvalue weighted by Gasteiger charge is 1.95. The second-order valence-corrected chi connectivity index (χ2v) is 2.85. The molecule has 0 aromatic heterocycles. The number of thiocarbonyl (C=S) groups is 1. The Morgan fingerprint density at radius 3 is 2.45 bits per heavy atom. The number of unbranched alkanes of at least 4 members (excludes halogenated alkanes) is 4. The Labute approximate surface area is 72.6 Å². The number of hydrogen-bond acceptors (Lipinski definition) is 2. The number of hydrogen-bond donors (Lipinski definition) is 1. The van der Waals surface area contributed by atoms with Crippen LogP contribution in [-0.2, 0) is 4.79 Å². The molecule has 0 bridgehead atoms. The van der Waals surface area contributed by atoms with Gasteiger partial charge in [-0.15, -0.1) is 0 Å². The summed E-state index contributed by atoms with van der Waals surface area (Å²) in [7, 11) is 0. The first kappa shape index (κ1) is 10.6. The smallest absolute Gasteiger partial charge is 0.303 e. The van der Waals surface area contributed by atoms with Crippen molar-refractivity contribution in [2.24, 2.45) is 0 Å². The van der Waals surface area contributed by atoms with Gasteiger partial charge in [-0.1, -0.05) is 25.1 Å². The molecule has 0 atom stereocenters. The third-order valence-corrected chi connectivity index (χ3v) is 1.70. The average molecular weight is 174 g/mol. The largest absolute Gasteiger partial charge is 0.481 e. The van der Waals surface area contributed by atoms with Crippen molar-refractivity contribution in [3.05, 3.63) is 0 Å². The van der Waals surface area contributed by atoms with E-state index in [1.54, 1.807) is 5.37 Å². The van der Waals surface area contributed by atoms with E-state index in [0.29, 0.717) is 6.42 Å². The zero-order valence-corrected chi connectivity index (χ0v) is 7.40. The number of carbonyl (C=O) groups is 1. The van der Waals surface area contributed by atoms with Crippen molar-refractivity contribution in [2.75, 3.05) is 0 Å². The van der Waals surface area contributed by atoms with Gasteiger partial charge in [-0.3, -0.25) is 4.79 Å². The molecule has 0 aliphatic rings. The Morgan fingerprint density at radius 1 is 1.27 bits per heavy atom. The Kier molecular flexibility index (Phi) is 7.36. The van der Waals surface area contributed by atoms with Crippen LogP contribution < -0.4 is 0 Å². The summed E-state index contributed by atoms with van der Waals surface area (Å²) in [5.74, 6) is -0.695. The Bertz CT molecular complexity index is 123. The molecule has 0 aliphatic carbocycles. The van der Waals surface area contributed by atoms with Crippen LogP contribution in [0.15, 0.2) is 0 Å². The van der Waals surface area contributed by atoms with E-state index in [2.05, 4.69) is 12.2 Å². The minimum Gasteiger partial charge on any atom is -0.481 e. The van der Waals surface area contributed by atoms with Gasteiger partial charge in [-0.25, -0.2) is 0 Å². The molecule has 3 heteroatoms. The van der Waals surface area contributed by atoms with Crippen LogP contribution in [0, 0.1) is 0 Å². The highest BCUT2D eigenvalue weighted by atomic mass is 32.1. The fourth-order valence-electron chi connectivity index (χ4n) is 0.857. The van der Waals surface area contributed by atoms with Crippen LogP contribution in [0.4, 0.5) is 0 Å². The van der Waals surface area contributed by atoms with Crippen molar-refractivity contribution in [2.45, 2.75) is 38.5 Å². The molecule has 0 spiro atoms. The predicted molar refractivity (Wildman–Crippen MR) is 49.0 cm³/mol. The lowest BCUT2D eigenvalue weighted by Gasteiger charge is -1.95. The predicted octanol–water partition coefficient (Wildman–Crippen LogP) is 2.41. The minimum atomic E-state index is -0.695. The fourth-order valence-corrected chi connectivity index (χ4v) is 1.02. The average Bonchev–Trinajstić information content (AvgIpc) is 1.96. The van der Waals surface area contributed by atoms with E-state index in [-0.39, 0.29) is 0 Å². The lowest BCUT2D eigenvalue weighted by Crippen LogP contribution is -1.93. The summed E-state index contributed by atoms with van der Waals surface area (Å²) in [6.07, 6.45) is 5.28. The molecule has 0 radical (unpaired) electrons. The van der Waals surface area contributed by atoms with Crippen LogP contribution >= 0.6 is 12.2 Å². The lowest BCUT2D eigenvalue weighted by atomic mass is 10.1. The molecule has 2 nitrogen and oxygen atoms in total. The van der Waals surface area contributed by atoms with E-state index in [4.69, 9.17) is 5.11 Å². The SMILES string of the molecule is O=C(O)CCCCCCC=S. The van der Waals surface area contributed by atoms with E-state index in [0.717, 1.165) is 32.1 Å². The molecule has 0 aromatic rings. The van der Waals surface area contributed by atoms with Gasteiger partial charge < -0.3 is 5.11 Å². The summed E-state index contributed by atoms with van der Waals surface area (Å²) in [5.41, 5.74) is 0. The Balaban J connectivity index is 2.90. The highest BCUT2D eigenvalue weighted by Crippen LogP contribution is 2.04. The lowest BCUT2D eigenvalue weighted by molar-refractivity contribution is -0.137. The van der Waals surface area contributed by atoms with Gasteiger partial charge in [0.2, 0.25) is 0 Å². The van der Waals surface area contributed by atoms with E-state index in [9.17, 15) is 4.79 Å². The van der Waals surface area contributed by atoms with E-state index >= 15 is 0 Å². The molecule has 0 rings (SSSR count). The summed E-state index contributed by atoms with van der Waals surface area (Å²) >= 11 is 4.65. The second-order valence-electron chi connectivity index (χ2n) is 2.51. The van der Waals surface area contributed by atoms with E-state index < -0.39 is 5.97 Å². The van der Waals surface area contributed by atoms with Crippen molar-refractivity contribution >= 4 is 23.6 Å². The molecule has 64 valence electrons. The van der Waals surface area contributed by atoms with Crippen LogP contribution in [0.5, 0.6) is 0 Å². The van der Waals surface area contributed by atoms with Crippen molar-refractivity contribution in [3.8, 4) is 0 Å². The quantitative estimate of drug-likeness (QED) is 0.475. The summed E-state index contributed by atoms with van der Waals surface area (Å²) in [6, 6.07) is 0. The van der Waals surface area contributed by atoms with E-state index in [1.165, 1.54) is 0 Å². The maximum absolute atomic E-state index is 10.1. The van der Waals surface area contributed by atoms with E-state index in [1.807, 2.05) is 0 Å². The summed E-state index contributed by atoms with van der Waals surface area (Å²) < 4.78 is 0. The molecule has 0 heterocycles. The number of rotatable bonds is 7. The zero-order chi connectivity index (χ0) is 8.53. The topological polar surface area (TPSA) is 37.3 Å². The van der Waals surface area contributed by atoms with Gasteiger partial charge in [0.25, 0.3) is 0 Å². The normalized spacial score (nSPS) is 9.45. The standard InChI is InChI=1S/C8H14O2S/c9-8(10)6-4-2-1-3-5-7-11/h7H,1-6H2,(H,9,10). The fraction of sp³-hybridized carbons (Fsp3) is 0.750. The maximum atomic E-state index is 10.1. The molecule has 0 unspecified atom stereocenters. The molecule has 1 N–H and O–H groups in total. The van der Waals surface area contributed by atoms with Crippen molar-refractivity contribution in [1.29, 1.82) is 0 Å². The summed E-state index contributed by atoms with van der Waals surface area (Å²) in [5, 5.41) is 10.0. The van der Waals surface area contributed by atoms with Crippen LogP contribution in [-0.4, -0.2) is 16.4 Å². The van der Waals surface area contributed by atoms with Crippen LogP contribution in [0.25, 0.3) is 0 Å². The molecule has 0 fully saturated rings. The Hall–Kier alpha value is -0.440. The van der Waals surface area contributed by atoms with Gasteiger partial charge in [0.05, 0.1) is 0 Å². The molecule has 0 saturated carbocycles. The molecule has 0 saturated heterocycles. The molecular weight excluding hydrogens is 160 g/mol. The molecule has 0 amide bonds. The first-order valence-corrected chi connectivity index (χ1v) is 4.40. The van der Waals surface area contributed by atoms with Crippen molar-refractivity contribution < 1.29 is 9.90 Å². The van der Waals surface area contributed by atoms with Crippen LogP contribution in [0.1, 0.15) is 38.5 Å². The summed E-state index contributed by atoms with van der Waals surface area (Å²) in [6.45, 7) is 0.